The molecule has 0 N–H and O–H groups in total. The molecule has 29 heavy (non-hydrogen) atoms. The van der Waals surface area contributed by atoms with Crippen molar-refractivity contribution in [1.82, 2.24) is 14.5 Å². The molecular weight excluding hydrogens is 377 g/mol. The Morgan fingerprint density at radius 3 is 2.55 bits per heavy atom. The second-order valence-electron chi connectivity index (χ2n) is 7.12. The number of imidazole rings is 1. The number of halogens is 3. The lowest BCUT2D eigenvalue weighted by molar-refractivity contribution is -0.137. The number of alkyl halides is 3. The van der Waals surface area contributed by atoms with Gasteiger partial charge in [-0.1, -0.05) is 18.2 Å². The number of hydrogen-bond acceptors (Lipinski definition) is 3. The Balaban J connectivity index is 1.87. The predicted molar refractivity (Wildman–Crippen MR) is 107 cm³/mol. The predicted octanol–water partition coefficient (Wildman–Crippen LogP) is 5.21. The molecule has 0 saturated carbocycles. The van der Waals surface area contributed by atoms with Crippen LogP contribution in [-0.4, -0.2) is 34.6 Å². The van der Waals surface area contributed by atoms with Crippen LogP contribution < -0.4 is 0 Å². The van der Waals surface area contributed by atoms with Crippen LogP contribution in [0.2, 0.25) is 0 Å². The van der Waals surface area contributed by atoms with Crippen LogP contribution in [0.25, 0.3) is 16.7 Å². The standard InChI is InChI=1S/C22H23F3N4/c1-28(13-7-11-26)12-6-5-8-17-14-18(22(23,24)25)15-20-21(17)29(16-27-20)19-9-3-2-4-10-19/h2-4,9-10,14-16H,5-8,12-13H2,1H3. The van der Waals surface area contributed by atoms with Crippen molar-refractivity contribution in [2.75, 3.05) is 20.1 Å². The number of aromatic nitrogens is 2. The Hall–Kier alpha value is -2.85. The number of nitrogens with zero attached hydrogens (tertiary/aromatic N) is 4. The Morgan fingerprint density at radius 1 is 1.10 bits per heavy atom. The van der Waals surface area contributed by atoms with E-state index in [9.17, 15) is 13.2 Å². The summed E-state index contributed by atoms with van der Waals surface area (Å²) in [6, 6.07) is 14.0. The van der Waals surface area contributed by atoms with E-state index in [1.54, 1.807) is 6.33 Å². The Labute approximate surface area is 168 Å². The highest BCUT2D eigenvalue weighted by molar-refractivity contribution is 5.82. The van der Waals surface area contributed by atoms with Crippen molar-refractivity contribution in [2.24, 2.45) is 0 Å². The molecule has 0 spiro atoms. The van der Waals surface area contributed by atoms with E-state index in [2.05, 4.69) is 16.0 Å². The zero-order valence-corrected chi connectivity index (χ0v) is 16.3. The summed E-state index contributed by atoms with van der Waals surface area (Å²) < 4.78 is 42.0. The number of fused-ring (bicyclic) bond motifs is 1. The first-order chi connectivity index (χ1) is 13.9. The van der Waals surface area contributed by atoms with Gasteiger partial charge in [-0.25, -0.2) is 4.98 Å². The van der Waals surface area contributed by atoms with Crippen LogP contribution in [0.15, 0.2) is 48.8 Å². The van der Waals surface area contributed by atoms with E-state index in [1.165, 1.54) is 6.07 Å². The molecule has 0 aliphatic rings. The van der Waals surface area contributed by atoms with Crippen molar-refractivity contribution < 1.29 is 13.2 Å². The van der Waals surface area contributed by atoms with E-state index in [1.807, 2.05) is 41.9 Å². The van der Waals surface area contributed by atoms with Crippen LogP contribution in [0.1, 0.15) is 30.4 Å². The van der Waals surface area contributed by atoms with Gasteiger partial charge in [0.1, 0.15) is 6.33 Å². The third-order valence-electron chi connectivity index (χ3n) is 4.92. The van der Waals surface area contributed by atoms with Gasteiger partial charge in [-0.15, -0.1) is 0 Å². The minimum atomic E-state index is -4.41. The van der Waals surface area contributed by atoms with Gasteiger partial charge in [0.2, 0.25) is 0 Å². The minimum absolute atomic E-state index is 0.352. The molecule has 3 aromatic rings. The number of nitriles is 1. The maximum Gasteiger partial charge on any atom is 0.416 e. The van der Waals surface area contributed by atoms with Crippen molar-refractivity contribution in [3.8, 4) is 11.8 Å². The SMILES string of the molecule is CN(CCC#N)CCCCc1cc(C(F)(F)F)cc2ncn(-c3ccccc3)c12. The second-order valence-corrected chi connectivity index (χ2v) is 7.12. The zero-order chi connectivity index (χ0) is 20.9. The molecule has 7 heteroatoms. The molecule has 0 amide bonds. The fourth-order valence-electron chi connectivity index (χ4n) is 3.42. The molecule has 3 rings (SSSR count). The summed E-state index contributed by atoms with van der Waals surface area (Å²) in [5.41, 5.74) is 1.93. The zero-order valence-electron chi connectivity index (χ0n) is 16.3. The Kier molecular flexibility index (Phi) is 6.55. The van der Waals surface area contributed by atoms with Crippen LogP contribution in [0, 0.1) is 11.3 Å². The third-order valence-corrected chi connectivity index (χ3v) is 4.92. The highest BCUT2D eigenvalue weighted by Gasteiger charge is 2.32. The number of para-hydroxylation sites is 1. The highest BCUT2D eigenvalue weighted by atomic mass is 19.4. The number of benzene rings is 2. The van der Waals surface area contributed by atoms with Gasteiger partial charge < -0.3 is 4.90 Å². The van der Waals surface area contributed by atoms with E-state index in [-0.39, 0.29) is 0 Å². The molecule has 0 bridgehead atoms. The van der Waals surface area contributed by atoms with Gasteiger partial charge in [0, 0.05) is 18.7 Å². The van der Waals surface area contributed by atoms with Crippen molar-refractivity contribution in [3.05, 3.63) is 59.9 Å². The molecule has 1 aromatic heterocycles. The lowest BCUT2D eigenvalue weighted by Crippen LogP contribution is -2.20. The van der Waals surface area contributed by atoms with Crippen LogP contribution in [0.3, 0.4) is 0 Å². The quantitative estimate of drug-likeness (QED) is 0.488. The summed E-state index contributed by atoms with van der Waals surface area (Å²) in [6.07, 6.45) is -0.214. The molecule has 0 fully saturated rings. The summed E-state index contributed by atoms with van der Waals surface area (Å²) in [5, 5.41) is 8.65. The third kappa shape index (κ3) is 5.15. The van der Waals surface area contributed by atoms with E-state index in [0.29, 0.717) is 30.5 Å². The van der Waals surface area contributed by atoms with E-state index >= 15 is 0 Å². The fraction of sp³-hybridized carbons (Fsp3) is 0.364. The molecule has 0 atom stereocenters. The lowest BCUT2D eigenvalue weighted by Gasteiger charge is -2.15. The molecule has 0 radical (unpaired) electrons. The number of hydrogen-bond donors (Lipinski definition) is 0. The summed E-state index contributed by atoms with van der Waals surface area (Å²) in [7, 11) is 1.95. The molecule has 4 nitrogen and oxygen atoms in total. The van der Waals surface area contributed by atoms with Gasteiger partial charge in [-0.3, -0.25) is 4.57 Å². The monoisotopic (exact) mass is 400 g/mol. The molecule has 2 aromatic carbocycles. The molecular formula is C22H23F3N4. The van der Waals surface area contributed by atoms with Crippen LogP contribution in [0.4, 0.5) is 13.2 Å². The topological polar surface area (TPSA) is 44.9 Å². The van der Waals surface area contributed by atoms with Crippen LogP contribution in [-0.2, 0) is 12.6 Å². The van der Waals surface area contributed by atoms with Gasteiger partial charge in [0.25, 0.3) is 0 Å². The van der Waals surface area contributed by atoms with Crippen LogP contribution >= 0.6 is 0 Å². The smallest absolute Gasteiger partial charge is 0.305 e. The van der Waals surface area contributed by atoms with Crippen molar-refractivity contribution in [2.45, 2.75) is 31.9 Å². The molecule has 0 saturated heterocycles. The van der Waals surface area contributed by atoms with Gasteiger partial charge in [0.05, 0.1) is 22.7 Å². The first-order valence-electron chi connectivity index (χ1n) is 9.58. The molecule has 0 aliphatic carbocycles. The summed E-state index contributed by atoms with van der Waals surface area (Å²) >= 11 is 0. The van der Waals surface area contributed by atoms with Crippen molar-refractivity contribution in [3.63, 3.8) is 0 Å². The Morgan fingerprint density at radius 2 is 1.86 bits per heavy atom. The molecule has 0 unspecified atom stereocenters. The van der Waals surface area contributed by atoms with E-state index < -0.39 is 11.7 Å². The molecule has 152 valence electrons. The van der Waals surface area contributed by atoms with Gasteiger partial charge in [-0.05, 0) is 62.7 Å². The summed E-state index contributed by atoms with van der Waals surface area (Å²) in [5.74, 6) is 0. The number of aryl methyl sites for hydroxylation is 1. The average molecular weight is 400 g/mol. The maximum absolute atomic E-state index is 13.4. The normalized spacial score (nSPS) is 11.9. The van der Waals surface area contributed by atoms with Gasteiger partial charge in [0.15, 0.2) is 0 Å². The van der Waals surface area contributed by atoms with Crippen molar-refractivity contribution >= 4 is 11.0 Å². The summed E-state index contributed by atoms with van der Waals surface area (Å²) in [6.45, 7) is 1.51. The highest BCUT2D eigenvalue weighted by Crippen LogP contribution is 2.34. The van der Waals surface area contributed by atoms with Gasteiger partial charge in [-0.2, -0.15) is 18.4 Å². The largest absolute Gasteiger partial charge is 0.416 e. The second kappa shape index (κ2) is 9.10. The number of rotatable bonds is 8. The maximum atomic E-state index is 13.4. The minimum Gasteiger partial charge on any atom is -0.305 e. The molecule has 0 aliphatic heterocycles. The average Bonchev–Trinajstić information content (AvgIpc) is 3.14. The van der Waals surface area contributed by atoms with E-state index in [0.717, 1.165) is 36.7 Å². The van der Waals surface area contributed by atoms with Crippen molar-refractivity contribution in [1.29, 1.82) is 5.26 Å². The van der Waals surface area contributed by atoms with Gasteiger partial charge >= 0.3 is 6.18 Å². The first-order valence-corrected chi connectivity index (χ1v) is 9.58. The molecule has 1 heterocycles. The first kappa shape index (κ1) is 20.9. The number of unbranched alkanes of at least 4 members (excludes halogenated alkanes) is 1. The van der Waals surface area contributed by atoms with Crippen LogP contribution in [0.5, 0.6) is 0 Å². The summed E-state index contributed by atoms with van der Waals surface area (Å²) in [4.78, 5) is 6.31. The van der Waals surface area contributed by atoms with E-state index in [4.69, 9.17) is 5.26 Å². The fourth-order valence-corrected chi connectivity index (χ4v) is 3.42. The lowest BCUT2D eigenvalue weighted by atomic mass is 10.0. The Bertz CT molecular complexity index is 987.